The Balaban J connectivity index is 0.000000524. The third-order valence-corrected chi connectivity index (χ3v) is 10.3. The van der Waals surface area contributed by atoms with Crippen LogP contribution in [0.1, 0.15) is 34.6 Å². The molecule has 10 rings (SSSR count). The Morgan fingerprint density at radius 3 is 1.48 bits per heavy atom. The minimum Gasteiger partial charge on any atom is -0.309 e. The highest BCUT2D eigenvalue weighted by Gasteiger charge is 2.20. The van der Waals surface area contributed by atoms with Crippen molar-refractivity contribution in [2.24, 2.45) is 0 Å². The van der Waals surface area contributed by atoms with E-state index in [0.717, 1.165) is 22.5 Å². The lowest BCUT2D eigenvalue weighted by atomic mass is 9.86. The molecule has 2 nitrogen and oxygen atoms in total. The highest BCUT2D eigenvalue weighted by molar-refractivity contribution is 6.21. The molecule has 0 amide bonds. The number of hydrogen-bond donors (Lipinski definition) is 0. The summed E-state index contributed by atoms with van der Waals surface area (Å²) in [5.74, 6) is 0. The SMILES string of the molecule is C/C=C\C.C=CC.CC.c1ccc(-c2c3ccccc3c(-c3ccc(-c4cccc5c6cc7ccccc7cc6n(-c6ccccc6)c45)nc3)c3ccccc23)cc1. The first-order chi connectivity index (χ1) is 28.7. The van der Waals surface area contributed by atoms with Crippen LogP contribution in [0.15, 0.2) is 207 Å². The Hall–Kier alpha value is -7.03. The number of nitrogens with zero attached hydrogens (tertiary/aromatic N) is 2. The lowest BCUT2D eigenvalue weighted by molar-refractivity contribution is 1.18. The molecule has 0 aliphatic carbocycles. The molecule has 0 radical (unpaired) electrons. The average molecular weight is 751 g/mol. The highest BCUT2D eigenvalue weighted by atomic mass is 15.0. The van der Waals surface area contributed by atoms with E-state index >= 15 is 0 Å². The predicted molar refractivity (Wildman–Crippen MR) is 255 cm³/mol. The maximum absolute atomic E-state index is 5.22. The summed E-state index contributed by atoms with van der Waals surface area (Å²) in [5, 5.41) is 9.89. The van der Waals surface area contributed by atoms with Crippen molar-refractivity contribution in [1.29, 1.82) is 0 Å². The summed E-state index contributed by atoms with van der Waals surface area (Å²) in [6.45, 7) is 13.2. The molecule has 58 heavy (non-hydrogen) atoms. The summed E-state index contributed by atoms with van der Waals surface area (Å²) in [6.07, 6.45) is 7.81. The number of allylic oxidation sites excluding steroid dienone is 3. The van der Waals surface area contributed by atoms with Gasteiger partial charge in [0.25, 0.3) is 0 Å². The van der Waals surface area contributed by atoms with Crippen LogP contribution < -0.4 is 0 Å². The van der Waals surface area contributed by atoms with Crippen LogP contribution in [0.5, 0.6) is 0 Å². The van der Waals surface area contributed by atoms with E-state index in [1.165, 1.54) is 70.8 Å². The van der Waals surface area contributed by atoms with Gasteiger partial charge in [-0.05, 0) is 100 Å². The Morgan fingerprint density at radius 1 is 0.466 bits per heavy atom. The van der Waals surface area contributed by atoms with Crippen molar-refractivity contribution < 1.29 is 0 Å². The van der Waals surface area contributed by atoms with Gasteiger partial charge in [0.05, 0.1) is 16.7 Å². The fraction of sp³-hybridized carbons (Fsp3) is 0.0893. The Morgan fingerprint density at radius 2 is 0.948 bits per heavy atom. The zero-order chi connectivity index (χ0) is 40.4. The number of hydrogen-bond acceptors (Lipinski definition) is 1. The molecule has 0 N–H and O–H groups in total. The maximum Gasteiger partial charge on any atom is 0.0723 e. The van der Waals surface area contributed by atoms with E-state index in [2.05, 4.69) is 193 Å². The van der Waals surface area contributed by atoms with Crippen molar-refractivity contribution in [2.45, 2.75) is 34.6 Å². The second-order valence-electron chi connectivity index (χ2n) is 13.8. The molecule has 0 fully saturated rings. The minimum atomic E-state index is 0.952. The number of aromatic nitrogens is 2. The summed E-state index contributed by atoms with van der Waals surface area (Å²) in [7, 11) is 0. The topological polar surface area (TPSA) is 17.8 Å². The van der Waals surface area contributed by atoms with Crippen LogP contribution in [-0.4, -0.2) is 9.55 Å². The van der Waals surface area contributed by atoms with Crippen LogP contribution in [0.3, 0.4) is 0 Å². The summed E-state index contributed by atoms with van der Waals surface area (Å²) in [4.78, 5) is 5.22. The summed E-state index contributed by atoms with van der Waals surface area (Å²) in [5.41, 5.74) is 10.4. The molecule has 0 saturated heterocycles. The summed E-state index contributed by atoms with van der Waals surface area (Å²) < 4.78 is 2.41. The quantitative estimate of drug-likeness (QED) is 0.129. The maximum atomic E-state index is 5.22. The van der Waals surface area contributed by atoms with Gasteiger partial charge in [-0.25, -0.2) is 0 Å². The number of para-hydroxylation sites is 2. The number of fused-ring (bicyclic) bond motifs is 6. The Labute approximate surface area is 343 Å². The third kappa shape index (κ3) is 7.45. The average Bonchev–Trinajstić information content (AvgIpc) is 3.62. The van der Waals surface area contributed by atoms with Gasteiger partial charge in [0.15, 0.2) is 0 Å². The van der Waals surface area contributed by atoms with Crippen molar-refractivity contribution in [3.8, 4) is 39.2 Å². The van der Waals surface area contributed by atoms with Gasteiger partial charge in [-0.15, -0.1) is 6.58 Å². The molecule has 10 aromatic rings. The van der Waals surface area contributed by atoms with E-state index in [0.29, 0.717) is 0 Å². The van der Waals surface area contributed by atoms with E-state index < -0.39 is 0 Å². The second kappa shape index (κ2) is 18.3. The van der Waals surface area contributed by atoms with Crippen LogP contribution in [0.25, 0.3) is 93.3 Å². The fourth-order valence-electron chi connectivity index (χ4n) is 7.86. The van der Waals surface area contributed by atoms with Crippen LogP contribution in [0.2, 0.25) is 0 Å². The van der Waals surface area contributed by atoms with Crippen molar-refractivity contribution in [1.82, 2.24) is 9.55 Å². The van der Waals surface area contributed by atoms with Crippen molar-refractivity contribution in [2.75, 3.05) is 0 Å². The molecule has 2 heteroatoms. The molecule has 0 atom stereocenters. The molecule has 0 aliphatic heterocycles. The van der Waals surface area contributed by atoms with Crippen LogP contribution in [-0.2, 0) is 0 Å². The first-order valence-electron chi connectivity index (χ1n) is 20.3. The van der Waals surface area contributed by atoms with E-state index in [9.17, 15) is 0 Å². The van der Waals surface area contributed by atoms with E-state index in [4.69, 9.17) is 4.98 Å². The molecule has 2 aromatic heterocycles. The lowest BCUT2D eigenvalue weighted by Crippen LogP contribution is -1.96. The van der Waals surface area contributed by atoms with Crippen LogP contribution in [0.4, 0.5) is 0 Å². The fourth-order valence-corrected chi connectivity index (χ4v) is 7.86. The molecule has 0 saturated carbocycles. The molecule has 2 heterocycles. The molecular weight excluding hydrogens is 701 g/mol. The van der Waals surface area contributed by atoms with E-state index in [-0.39, 0.29) is 0 Å². The van der Waals surface area contributed by atoms with Crippen molar-refractivity contribution in [3.63, 3.8) is 0 Å². The van der Waals surface area contributed by atoms with Gasteiger partial charge < -0.3 is 4.57 Å². The zero-order valence-corrected chi connectivity index (χ0v) is 34.2. The largest absolute Gasteiger partial charge is 0.309 e. The van der Waals surface area contributed by atoms with Gasteiger partial charge in [0.2, 0.25) is 0 Å². The number of benzene rings is 8. The predicted octanol–water partition coefficient (Wildman–Crippen LogP) is 16.4. The van der Waals surface area contributed by atoms with E-state index in [1.807, 2.05) is 46.8 Å². The van der Waals surface area contributed by atoms with E-state index in [1.54, 1.807) is 6.08 Å². The van der Waals surface area contributed by atoms with Gasteiger partial charge in [-0.2, -0.15) is 0 Å². The van der Waals surface area contributed by atoms with Gasteiger partial charge in [0.1, 0.15) is 0 Å². The first kappa shape index (κ1) is 39.2. The molecule has 0 unspecified atom stereocenters. The van der Waals surface area contributed by atoms with Crippen molar-refractivity contribution >= 4 is 54.1 Å². The summed E-state index contributed by atoms with van der Waals surface area (Å²) >= 11 is 0. The lowest BCUT2D eigenvalue weighted by Gasteiger charge is -2.17. The van der Waals surface area contributed by atoms with Gasteiger partial charge in [0, 0.05) is 33.8 Å². The van der Waals surface area contributed by atoms with Crippen molar-refractivity contribution in [3.05, 3.63) is 207 Å². The molecule has 284 valence electrons. The first-order valence-corrected chi connectivity index (χ1v) is 20.3. The Kier molecular flexibility index (Phi) is 12.4. The van der Waals surface area contributed by atoms with Gasteiger partial charge >= 0.3 is 0 Å². The standard InChI is InChI=1S/C47H30N2.C4H8.C3H6.C2H6/c1-3-14-31(15-4-1)45-36-20-9-11-22-38(36)46(39-23-12-10-21-37(39)45)34-26-27-43(48-30-34)41-25-13-24-40-42-28-32-16-7-8-17-33(32)29-44(42)49(47(40)41)35-18-5-2-6-19-35;1-3-4-2;1-3-2;1-2/h1-30H;3-4H,1-2H3;3H,1H2,2H3;1-2H3/b;4-3-;;. The highest BCUT2D eigenvalue weighted by Crippen LogP contribution is 2.44. The Bertz CT molecular complexity index is 2930. The smallest absolute Gasteiger partial charge is 0.0723 e. The van der Waals surface area contributed by atoms with Gasteiger partial charge in [-0.1, -0.05) is 178 Å². The molecule has 0 spiro atoms. The van der Waals surface area contributed by atoms with Crippen LogP contribution in [0, 0.1) is 0 Å². The third-order valence-electron chi connectivity index (χ3n) is 10.3. The number of pyridine rings is 1. The summed E-state index contributed by atoms with van der Waals surface area (Å²) in [6, 6.07) is 63.4. The monoisotopic (exact) mass is 750 g/mol. The zero-order valence-electron chi connectivity index (χ0n) is 34.2. The second-order valence-corrected chi connectivity index (χ2v) is 13.8. The minimum absolute atomic E-state index is 0.952. The van der Waals surface area contributed by atoms with Crippen LogP contribution >= 0.6 is 0 Å². The molecule has 0 aliphatic rings. The molecule has 8 aromatic carbocycles. The molecule has 0 bridgehead atoms. The number of rotatable bonds is 4. The normalized spacial score (nSPS) is 10.8. The molecular formula is C56H50N2. The van der Waals surface area contributed by atoms with Gasteiger partial charge in [-0.3, -0.25) is 4.98 Å².